The van der Waals surface area contributed by atoms with Crippen molar-refractivity contribution in [3.8, 4) is 0 Å². The van der Waals surface area contributed by atoms with Crippen LogP contribution in [0.25, 0.3) is 0 Å². The molecular formula is C65H118O6. The summed E-state index contributed by atoms with van der Waals surface area (Å²) in [6.45, 7) is 6.63. The highest BCUT2D eigenvalue weighted by atomic mass is 16.6. The summed E-state index contributed by atoms with van der Waals surface area (Å²) in [6.07, 6.45) is 73.9. The highest BCUT2D eigenvalue weighted by molar-refractivity contribution is 5.71. The molecule has 0 aromatic heterocycles. The molecule has 6 heteroatoms. The predicted octanol–water partition coefficient (Wildman–Crippen LogP) is 21.0. The summed E-state index contributed by atoms with van der Waals surface area (Å²) < 4.78 is 16.9. The van der Waals surface area contributed by atoms with Crippen LogP contribution in [0.4, 0.5) is 0 Å². The van der Waals surface area contributed by atoms with Gasteiger partial charge in [0.05, 0.1) is 0 Å². The van der Waals surface area contributed by atoms with E-state index >= 15 is 0 Å². The van der Waals surface area contributed by atoms with Crippen LogP contribution in [-0.4, -0.2) is 37.2 Å². The van der Waals surface area contributed by atoms with Gasteiger partial charge in [-0.15, -0.1) is 0 Å². The second-order valence-electron chi connectivity index (χ2n) is 21.0. The van der Waals surface area contributed by atoms with E-state index in [9.17, 15) is 14.4 Å². The molecule has 414 valence electrons. The van der Waals surface area contributed by atoms with E-state index in [0.717, 1.165) is 64.2 Å². The van der Waals surface area contributed by atoms with Crippen molar-refractivity contribution in [3.05, 3.63) is 48.6 Å². The molecule has 0 N–H and O–H groups in total. The number of esters is 3. The molecule has 0 aromatic rings. The Morgan fingerprint density at radius 2 is 0.507 bits per heavy atom. The fourth-order valence-corrected chi connectivity index (χ4v) is 9.05. The zero-order chi connectivity index (χ0) is 51.4. The van der Waals surface area contributed by atoms with Crippen molar-refractivity contribution in [3.63, 3.8) is 0 Å². The van der Waals surface area contributed by atoms with Crippen LogP contribution in [0.2, 0.25) is 0 Å². The van der Waals surface area contributed by atoms with Gasteiger partial charge in [-0.2, -0.15) is 0 Å². The summed E-state index contributed by atoms with van der Waals surface area (Å²) in [7, 11) is 0. The third kappa shape index (κ3) is 58.1. The quantitative estimate of drug-likeness (QED) is 0.0261. The SMILES string of the molecule is CCCCC/C=C\C/C=C\CCCCCCCCCCCC(=O)OC[C@H](COC(=O)CCCCCCCCCCC/C=C\CCCCCCCC)OC(=O)CCCCCCCCC/C=C\CCCCCC. The van der Waals surface area contributed by atoms with E-state index in [1.165, 1.54) is 225 Å². The average Bonchev–Trinajstić information content (AvgIpc) is 3.37. The second-order valence-corrected chi connectivity index (χ2v) is 21.0. The minimum atomic E-state index is -0.778. The van der Waals surface area contributed by atoms with Gasteiger partial charge in [-0.05, 0) is 103 Å². The standard InChI is InChI=1S/C65H118O6/c1-4-7-10-13-16-19-22-25-28-30-32-34-37-39-42-45-48-51-54-57-63(66)69-60-62(71-65(68)59-56-53-50-47-44-41-36-27-24-21-18-15-12-9-6-3)61-70-64(67)58-55-52-49-46-43-40-38-35-33-31-29-26-23-20-17-14-11-8-5-2/h16,19,21,24-26,28-29,62H,4-15,17-18,20,22-23,27,30-61H2,1-3H3/b19-16-,24-21-,28-25-,29-26-/t62-/m1/s1. The van der Waals surface area contributed by atoms with E-state index in [0.29, 0.717) is 19.3 Å². The van der Waals surface area contributed by atoms with Crippen molar-refractivity contribution in [1.29, 1.82) is 0 Å². The second kappa shape index (κ2) is 59.9. The Hall–Kier alpha value is -2.63. The van der Waals surface area contributed by atoms with Crippen LogP contribution >= 0.6 is 0 Å². The number of ether oxygens (including phenoxy) is 3. The highest BCUT2D eigenvalue weighted by Crippen LogP contribution is 2.16. The number of hydrogen-bond acceptors (Lipinski definition) is 6. The lowest BCUT2D eigenvalue weighted by molar-refractivity contribution is -0.167. The summed E-state index contributed by atoms with van der Waals surface area (Å²) in [4.78, 5) is 38.3. The number of carbonyl (C=O) groups excluding carboxylic acids is 3. The van der Waals surface area contributed by atoms with Crippen molar-refractivity contribution in [2.45, 2.75) is 335 Å². The summed E-state index contributed by atoms with van der Waals surface area (Å²) >= 11 is 0. The first-order chi connectivity index (χ1) is 35.0. The van der Waals surface area contributed by atoms with Crippen molar-refractivity contribution in [1.82, 2.24) is 0 Å². The average molecular weight is 996 g/mol. The Morgan fingerprint density at radius 3 is 0.831 bits per heavy atom. The van der Waals surface area contributed by atoms with Gasteiger partial charge in [0.2, 0.25) is 0 Å². The van der Waals surface area contributed by atoms with E-state index in [4.69, 9.17) is 14.2 Å². The van der Waals surface area contributed by atoms with Crippen molar-refractivity contribution in [2.24, 2.45) is 0 Å². The number of rotatable bonds is 57. The minimum absolute atomic E-state index is 0.0750. The fourth-order valence-electron chi connectivity index (χ4n) is 9.05. The van der Waals surface area contributed by atoms with Gasteiger partial charge in [0.15, 0.2) is 6.10 Å². The van der Waals surface area contributed by atoms with E-state index in [1.54, 1.807) is 0 Å². The lowest BCUT2D eigenvalue weighted by Crippen LogP contribution is -2.30. The fraction of sp³-hybridized carbons (Fsp3) is 0.831. The predicted molar refractivity (Wildman–Crippen MR) is 307 cm³/mol. The third-order valence-electron chi connectivity index (χ3n) is 13.8. The van der Waals surface area contributed by atoms with E-state index in [-0.39, 0.29) is 31.1 Å². The van der Waals surface area contributed by atoms with Crippen LogP contribution in [0.15, 0.2) is 48.6 Å². The summed E-state index contributed by atoms with van der Waals surface area (Å²) in [5.74, 6) is -0.868. The molecule has 0 aromatic carbocycles. The molecule has 0 aliphatic heterocycles. The third-order valence-corrected chi connectivity index (χ3v) is 13.8. The molecule has 6 nitrogen and oxygen atoms in total. The Bertz CT molecular complexity index is 1230. The number of allylic oxidation sites excluding steroid dienone is 8. The molecule has 0 saturated heterocycles. The first-order valence-corrected chi connectivity index (χ1v) is 31.1. The Labute approximate surface area is 441 Å². The van der Waals surface area contributed by atoms with Crippen LogP contribution in [0.5, 0.6) is 0 Å². The van der Waals surface area contributed by atoms with Crippen molar-refractivity contribution >= 4 is 17.9 Å². The van der Waals surface area contributed by atoms with Crippen LogP contribution in [0, 0.1) is 0 Å². The van der Waals surface area contributed by atoms with Gasteiger partial charge in [0.1, 0.15) is 13.2 Å². The number of unbranched alkanes of at least 4 members (excludes halogenated alkanes) is 38. The molecule has 0 rings (SSSR count). The van der Waals surface area contributed by atoms with Crippen LogP contribution < -0.4 is 0 Å². The van der Waals surface area contributed by atoms with Crippen molar-refractivity contribution < 1.29 is 28.6 Å². The molecule has 0 radical (unpaired) electrons. The maximum atomic E-state index is 12.9. The van der Waals surface area contributed by atoms with Gasteiger partial charge in [0, 0.05) is 19.3 Å². The Balaban J connectivity index is 4.34. The summed E-state index contributed by atoms with van der Waals surface area (Å²) in [6, 6.07) is 0. The van der Waals surface area contributed by atoms with Crippen LogP contribution in [-0.2, 0) is 28.6 Å². The highest BCUT2D eigenvalue weighted by Gasteiger charge is 2.19. The first kappa shape index (κ1) is 68.4. The summed E-state index contributed by atoms with van der Waals surface area (Å²) in [5.41, 5.74) is 0. The molecule has 71 heavy (non-hydrogen) atoms. The van der Waals surface area contributed by atoms with Crippen LogP contribution in [0.3, 0.4) is 0 Å². The Kier molecular flexibility index (Phi) is 57.7. The lowest BCUT2D eigenvalue weighted by atomic mass is 10.1. The largest absolute Gasteiger partial charge is 0.462 e. The van der Waals surface area contributed by atoms with Gasteiger partial charge < -0.3 is 14.2 Å². The zero-order valence-electron chi connectivity index (χ0n) is 47.5. The summed E-state index contributed by atoms with van der Waals surface area (Å²) in [5, 5.41) is 0. The lowest BCUT2D eigenvalue weighted by Gasteiger charge is -2.18. The van der Waals surface area contributed by atoms with Crippen LogP contribution in [0.1, 0.15) is 329 Å². The molecular weight excluding hydrogens is 877 g/mol. The molecule has 0 bridgehead atoms. The molecule has 0 heterocycles. The molecule has 0 unspecified atom stereocenters. The molecule has 0 amide bonds. The van der Waals surface area contributed by atoms with E-state index in [1.807, 2.05) is 0 Å². The Morgan fingerprint density at radius 1 is 0.282 bits per heavy atom. The number of hydrogen-bond donors (Lipinski definition) is 0. The molecule has 1 atom stereocenters. The van der Waals surface area contributed by atoms with Gasteiger partial charge in [-0.1, -0.05) is 256 Å². The van der Waals surface area contributed by atoms with E-state index < -0.39 is 6.10 Å². The molecule has 0 aliphatic rings. The maximum Gasteiger partial charge on any atom is 0.306 e. The molecule has 0 saturated carbocycles. The topological polar surface area (TPSA) is 78.9 Å². The normalized spacial score (nSPS) is 12.3. The molecule has 0 aliphatic carbocycles. The van der Waals surface area contributed by atoms with Gasteiger partial charge in [-0.25, -0.2) is 0 Å². The molecule has 0 fully saturated rings. The van der Waals surface area contributed by atoms with Gasteiger partial charge >= 0.3 is 17.9 Å². The van der Waals surface area contributed by atoms with E-state index in [2.05, 4.69) is 69.4 Å². The van der Waals surface area contributed by atoms with Crippen molar-refractivity contribution in [2.75, 3.05) is 13.2 Å². The maximum absolute atomic E-state index is 12.9. The minimum Gasteiger partial charge on any atom is -0.462 e. The van der Waals surface area contributed by atoms with Gasteiger partial charge in [-0.3, -0.25) is 14.4 Å². The first-order valence-electron chi connectivity index (χ1n) is 31.1. The molecule has 0 spiro atoms. The monoisotopic (exact) mass is 995 g/mol. The zero-order valence-corrected chi connectivity index (χ0v) is 47.5. The number of carbonyl (C=O) groups is 3. The van der Waals surface area contributed by atoms with Gasteiger partial charge in [0.25, 0.3) is 0 Å². The smallest absolute Gasteiger partial charge is 0.306 e.